The first-order chi connectivity index (χ1) is 12.6. The molecule has 3 rings (SSSR count). The maximum atomic E-state index is 12.3. The normalized spacial score (nSPS) is 14.2. The van der Waals surface area contributed by atoms with Crippen LogP contribution in [0, 0.1) is 6.92 Å². The molecular formula is C20H24ClN3O2. The molecule has 6 heteroatoms. The second kappa shape index (κ2) is 8.81. The Hall–Kier alpha value is -2.40. The molecule has 1 N–H and O–H groups in total. The molecule has 5 nitrogen and oxygen atoms in total. The number of amides is 2. The smallest absolute Gasteiger partial charge is 0.317 e. The van der Waals surface area contributed by atoms with Gasteiger partial charge in [-0.3, -0.25) is 0 Å². The minimum atomic E-state index is -0.0337. The third-order valence-electron chi connectivity index (χ3n) is 4.39. The summed E-state index contributed by atoms with van der Waals surface area (Å²) in [6, 6.07) is 15.6. The van der Waals surface area contributed by atoms with Crippen LogP contribution in [0.2, 0.25) is 5.02 Å². The van der Waals surface area contributed by atoms with Gasteiger partial charge in [0.15, 0.2) is 0 Å². The highest BCUT2D eigenvalue weighted by Gasteiger charge is 2.20. The van der Waals surface area contributed by atoms with Crippen LogP contribution in [-0.2, 0) is 0 Å². The van der Waals surface area contributed by atoms with E-state index in [1.807, 2.05) is 17.0 Å². The van der Waals surface area contributed by atoms with Crippen LogP contribution in [0.5, 0.6) is 5.75 Å². The van der Waals surface area contributed by atoms with Crippen LogP contribution in [0.1, 0.15) is 5.56 Å². The van der Waals surface area contributed by atoms with E-state index in [0.717, 1.165) is 31.9 Å². The Labute approximate surface area is 159 Å². The van der Waals surface area contributed by atoms with Gasteiger partial charge in [0.05, 0.1) is 6.54 Å². The number of anilines is 1. The lowest BCUT2D eigenvalue weighted by Crippen LogP contribution is -2.52. The SMILES string of the molecule is Cc1cccc(N2CCN(C(=O)NCCOc3ccc(Cl)cc3)CC2)c1. The third kappa shape index (κ3) is 5.05. The number of benzene rings is 2. The molecule has 0 saturated carbocycles. The zero-order chi connectivity index (χ0) is 18.4. The third-order valence-corrected chi connectivity index (χ3v) is 4.65. The fourth-order valence-electron chi connectivity index (χ4n) is 2.96. The van der Waals surface area contributed by atoms with Gasteiger partial charge in [-0.2, -0.15) is 0 Å². The van der Waals surface area contributed by atoms with E-state index in [1.54, 1.807) is 12.1 Å². The van der Waals surface area contributed by atoms with Crippen LogP contribution in [-0.4, -0.2) is 50.3 Å². The van der Waals surface area contributed by atoms with Crippen LogP contribution >= 0.6 is 11.6 Å². The van der Waals surface area contributed by atoms with Crippen molar-refractivity contribution in [1.82, 2.24) is 10.2 Å². The molecule has 2 aromatic carbocycles. The van der Waals surface area contributed by atoms with Crippen LogP contribution in [0.4, 0.5) is 10.5 Å². The molecule has 1 heterocycles. The van der Waals surface area contributed by atoms with E-state index < -0.39 is 0 Å². The van der Waals surface area contributed by atoms with Crippen molar-refractivity contribution in [1.29, 1.82) is 0 Å². The van der Waals surface area contributed by atoms with Gasteiger partial charge in [0.25, 0.3) is 0 Å². The van der Waals surface area contributed by atoms with E-state index in [0.29, 0.717) is 18.2 Å². The number of carbonyl (C=O) groups excluding carboxylic acids is 1. The summed E-state index contributed by atoms with van der Waals surface area (Å²) in [4.78, 5) is 16.5. The summed E-state index contributed by atoms with van der Waals surface area (Å²) >= 11 is 5.84. The molecule has 138 valence electrons. The van der Waals surface area contributed by atoms with E-state index in [9.17, 15) is 4.79 Å². The summed E-state index contributed by atoms with van der Waals surface area (Å²) in [5.41, 5.74) is 2.48. The van der Waals surface area contributed by atoms with Crippen LogP contribution in [0.25, 0.3) is 0 Å². The molecule has 0 bridgehead atoms. The number of nitrogens with one attached hydrogen (secondary N) is 1. The Kier molecular flexibility index (Phi) is 6.23. The Morgan fingerprint density at radius 3 is 2.54 bits per heavy atom. The standard InChI is InChI=1S/C20H24ClN3O2/c1-16-3-2-4-18(15-16)23-10-12-24(13-11-23)20(25)22-9-14-26-19-7-5-17(21)6-8-19/h2-8,15H,9-14H2,1H3,(H,22,25). The van der Waals surface area contributed by atoms with Gasteiger partial charge >= 0.3 is 6.03 Å². The molecule has 0 unspecified atom stereocenters. The highest BCUT2D eigenvalue weighted by molar-refractivity contribution is 6.30. The maximum absolute atomic E-state index is 12.3. The minimum Gasteiger partial charge on any atom is -0.492 e. The number of urea groups is 1. The lowest BCUT2D eigenvalue weighted by Gasteiger charge is -2.36. The number of ether oxygens (including phenoxy) is 1. The quantitative estimate of drug-likeness (QED) is 0.815. The lowest BCUT2D eigenvalue weighted by atomic mass is 10.2. The Morgan fingerprint density at radius 2 is 1.85 bits per heavy atom. The first-order valence-electron chi connectivity index (χ1n) is 8.84. The zero-order valence-corrected chi connectivity index (χ0v) is 15.7. The number of rotatable bonds is 5. The number of carbonyl (C=O) groups is 1. The Bertz CT molecular complexity index is 728. The summed E-state index contributed by atoms with van der Waals surface area (Å²) in [7, 11) is 0. The fraction of sp³-hybridized carbons (Fsp3) is 0.350. The Balaban J connectivity index is 1.37. The van der Waals surface area contributed by atoms with Crippen molar-refractivity contribution in [3.63, 3.8) is 0 Å². The molecule has 0 aromatic heterocycles. The highest BCUT2D eigenvalue weighted by Crippen LogP contribution is 2.18. The monoisotopic (exact) mass is 373 g/mol. The van der Waals surface area contributed by atoms with E-state index in [4.69, 9.17) is 16.3 Å². The van der Waals surface area contributed by atoms with E-state index >= 15 is 0 Å². The van der Waals surface area contributed by atoms with Gasteiger partial charge in [-0.1, -0.05) is 23.7 Å². The zero-order valence-electron chi connectivity index (χ0n) is 15.0. The number of piperazine rings is 1. The van der Waals surface area contributed by atoms with Gasteiger partial charge in [-0.15, -0.1) is 0 Å². The molecule has 2 amide bonds. The molecule has 2 aromatic rings. The van der Waals surface area contributed by atoms with E-state index in [-0.39, 0.29) is 6.03 Å². The van der Waals surface area contributed by atoms with Crippen LogP contribution in [0.3, 0.4) is 0 Å². The van der Waals surface area contributed by atoms with Gasteiger partial charge in [-0.25, -0.2) is 4.79 Å². The number of halogens is 1. The van der Waals surface area contributed by atoms with Crippen molar-refractivity contribution < 1.29 is 9.53 Å². The summed E-state index contributed by atoms with van der Waals surface area (Å²) in [6.45, 7) is 6.13. The van der Waals surface area contributed by atoms with Crippen molar-refractivity contribution >= 4 is 23.3 Å². The van der Waals surface area contributed by atoms with Gasteiger partial charge in [0.1, 0.15) is 12.4 Å². The van der Waals surface area contributed by atoms with Crippen LogP contribution < -0.4 is 15.0 Å². The number of hydrogen-bond acceptors (Lipinski definition) is 3. The number of hydrogen-bond donors (Lipinski definition) is 1. The molecule has 0 aliphatic carbocycles. The van der Waals surface area contributed by atoms with Gasteiger partial charge in [-0.05, 0) is 48.9 Å². The first-order valence-corrected chi connectivity index (χ1v) is 9.22. The minimum absolute atomic E-state index is 0.0337. The van der Waals surface area contributed by atoms with E-state index in [2.05, 4.69) is 41.4 Å². The molecule has 1 aliphatic heterocycles. The first kappa shape index (κ1) is 18.4. The average Bonchev–Trinajstić information content (AvgIpc) is 2.66. The molecular weight excluding hydrogens is 350 g/mol. The second-order valence-electron chi connectivity index (χ2n) is 6.35. The molecule has 0 spiro atoms. The summed E-state index contributed by atoms with van der Waals surface area (Å²) in [5, 5.41) is 3.59. The predicted molar refractivity (Wildman–Crippen MR) is 105 cm³/mol. The van der Waals surface area contributed by atoms with Gasteiger partial charge in [0.2, 0.25) is 0 Å². The fourth-order valence-corrected chi connectivity index (χ4v) is 3.09. The maximum Gasteiger partial charge on any atom is 0.317 e. The molecule has 0 radical (unpaired) electrons. The van der Waals surface area contributed by atoms with Crippen molar-refractivity contribution in [3.8, 4) is 5.75 Å². The molecule has 0 atom stereocenters. The average molecular weight is 374 g/mol. The van der Waals surface area contributed by atoms with Gasteiger partial charge < -0.3 is 19.9 Å². The summed E-state index contributed by atoms with van der Waals surface area (Å²) in [6.07, 6.45) is 0. The van der Waals surface area contributed by atoms with Gasteiger partial charge in [0, 0.05) is 36.9 Å². The van der Waals surface area contributed by atoms with Crippen molar-refractivity contribution in [2.24, 2.45) is 0 Å². The van der Waals surface area contributed by atoms with Crippen molar-refractivity contribution in [3.05, 3.63) is 59.1 Å². The number of nitrogens with zero attached hydrogens (tertiary/aromatic N) is 2. The van der Waals surface area contributed by atoms with Crippen molar-refractivity contribution in [2.75, 3.05) is 44.2 Å². The topological polar surface area (TPSA) is 44.8 Å². The molecule has 1 aliphatic rings. The van der Waals surface area contributed by atoms with Crippen LogP contribution in [0.15, 0.2) is 48.5 Å². The van der Waals surface area contributed by atoms with Crippen molar-refractivity contribution in [2.45, 2.75) is 6.92 Å². The largest absolute Gasteiger partial charge is 0.492 e. The van der Waals surface area contributed by atoms with E-state index in [1.165, 1.54) is 11.3 Å². The highest BCUT2D eigenvalue weighted by atomic mass is 35.5. The summed E-state index contributed by atoms with van der Waals surface area (Å²) < 4.78 is 5.58. The number of aryl methyl sites for hydroxylation is 1. The predicted octanol–water partition coefficient (Wildman–Crippen LogP) is 3.56. The summed E-state index contributed by atoms with van der Waals surface area (Å²) in [5.74, 6) is 0.746. The molecule has 1 saturated heterocycles. The molecule has 1 fully saturated rings. The Morgan fingerprint density at radius 1 is 1.12 bits per heavy atom. The molecule has 26 heavy (non-hydrogen) atoms. The lowest BCUT2D eigenvalue weighted by molar-refractivity contribution is 0.191. The second-order valence-corrected chi connectivity index (χ2v) is 6.78.